The lowest BCUT2D eigenvalue weighted by Crippen LogP contribution is -2.23. The second-order valence-electron chi connectivity index (χ2n) is 4.49. The van der Waals surface area contributed by atoms with E-state index in [1.807, 2.05) is 10.9 Å². The summed E-state index contributed by atoms with van der Waals surface area (Å²) < 4.78 is 3.00. The van der Waals surface area contributed by atoms with Crippen LogP contribution in [0.3, 0.4) is 0 Å². The van der Waals surface area contributed by atoms with Crippen molar-refractivity contribution >= 4 is 15.9 Å². The maximum absolute atomic E-state index is 3.96. The summed E-state index contributed by atoms with van der Waals surface area (Å²) in [5, 5.41) is 11.3. The number of aromatic nitrogens is 3. The second kappa shape index (κ2) is 7.40. The second-order valence-corrected chi connectivity index (χ2v) is 5.41. The van der Waals surface area contributed by atoms with Crippen LogP contribution in [0.5, 0.6) is 0 Å². The fourth-order valence-corrected chi connectivity index (χ4v) is 2.51. The van der Waals surface area contributed by atoms with E-state index in [4.69, 9.17) is 0 Å². The Balaban J connectivity index is 1.79. The molecule has 0 saturated heterocycles. The first-order valence-corrected chi connectivity index (χ1v) is 7.42. The van der Waals surface area contributed by atoms with Gasteiger partial charge in [-0.15, -0.1) is 5.10 Å². The quantitative estimate of drug-likeness (QED) is 0.796. The molecule has 0 aliphatic heterocycles. The number of halogens is 1. The van der Waals surface area contributed by atoms with Gasteiger partial charge in [-0.3, -0.25) is 4.68 Å². The lowest BCUT2D eigenvalue weighted by Gasteiger charge is -2.17. The van der Waals surface area contributed by atoms with Crippen molar-refractivity contribution < 1.29 is 0 Å². The van der Waals surface area contributed by atoms with Gasteiger partial charge in [-0.1, -0.05) is 40.2 Å². The van der Waals surface area contributed by atoms with E-state index in [-0.39, 0.29) is 0 Å². The fourth-order valence-electron chi connectivity index (χ4n) is 2.09. The minimum atomic E-state index is 0.410. The first kappa shape index (κ1) is 14.2. The Morgan fingerprint density at radius 3 is 3.00 bits per heavy atom. The van der Waals surface area contributed by atoms with Crippen molar-refractivity contribution in [1.29, 1.82) is 0 Å². The molecule has 5 heteroatoms. The summed E-state index contributed by atoms with van der Waals surface area (Å²) >= 11 is 3.52. The van der Waals surface area contributed by atoms with Gasteiger partial charge in [0.1, 0.15) is 0 Å². The van der Waals surface area contributed by atoms with E-state index in [0.29, 0.717) is 6.04 Å². The average molecular weight is 323 g/mol. The Hall–Kier alpha value is -1.20. The Morgan fingerprint density at radius 2 is 2.32 bits per heavy atom. The van der Waals surface area contributed by atoms with Crippen LogP contribution in [0, 0.1) is 0 Å². The van der Waals surface area contributed by atoms with Crippen LogP contribution >= 0.6 is 15.9 Å². The molecule has 0 bridgehead atoms. The Kier molecular flexibility index (Phi) is 5.54. The molecule has 0 saturated carbocycles. The summed E-state index contributed by atoms with van der Waals surface area (Å²) in [7, 11) is 0. The Labute approximate surface area is 122 Å². The van der Waals surface area contributed by atoms with E-state index in [0.717, 1.165) is 30.4 Å². The molecule has 4 nitrogen and oxygen atoms in total. The van der Waals surface area contributed by atoms with E-state index < -0.39 is 0 Å². The minimum Gasteiger partial charge on any atom is -0.310 e. The molecule has 1 atom stereocenters. The van der Waals surface area contributed by atoms with Crippen molar-refractivity contribution in [3.8, 4) is 0 Å². The molecule has 0 radical (unpaired) electrons. The number of nitrogens with zero attached hydrogens (tertiary/aromatic N) is 3. The molecule has 1 unspecified atom stereocenters. The van der Waals surface area contributed by atoms with Crippen LogP contribution in [0.25, 0.3) is 0 Å². The van der Waals surface area contributed by atoms with Crippen LogP contribution in [-0.2, 0) is 6.54 Å². The van der Waals surface area contributed by atoms with Gasteiger partial charge in [-0.25, -0.2) is 0 Å². The molecular weight excluding hydrogens is 304 g/mol. The molecule has 0 fully saturated rings. The summed E-state index contributed by atoms with van der Waals surface area (Å²) in [5.41, 5.74) is 1.33. The SMILES string of the molecule is CCC(NCCCn1ccnn1)c1cccc(Br)c1. The summed E-state index contributed by atoms with van der Waals surface area (Å²) in [6.45, 7) is 4.09. The molecule has 19 heavy (non-hydrogen) atoms. The van der Waals surface area contributed by atoms with Gasteiger partial charge in [0.15, 0.2) is 0 Å². The van der Waals surface area contributed by atoms with Crippen LogP contribution < -0.4 is 5.32 Å². The van der Waals surface area contributed by atoms with Crippen LogP contribution in [0.1, 0.15) is 31.4 Å². The van der Waals surface area contributed by atoms with Crippen molar-refractivity contribution in [2.45, 2.75) is 32.4 Å². The average Bonchev–Trinajstić information content (AvgIpc) is 2.92. The zero-order valence-corrected chi connectivity index (χ0v) is 12.7. The zero-order chi connectivity index (χ0) is 13.5. The van der Waals surface area contributed by atoms with Crippen molar-refractivity contribution in [3.63, 3.8) is 0 Å². The summed E-state index contributed by atoms with van der Waals surface area (Å²) in [5.74, 6) is 0. The molecule has 1 heterocycles. The van der Waals surface area contributed by atoms with E-state index in [1.165, 1.54) is 5.56 Å². The van der Waals surface area contributed by atoms with Crippen molar-refractivity contribution in [2.24, 2.45) is 0 Å². The van der Waals surface area contributed by atoms with E-state index in [2.05, 4.69) is 62.7 Å². The molecule has 2 aromatic rings. The van der Waals surface area contributed by atoms with E-state index in [9.17, 15) is 0 Å². The lowest BCUT2D eigenvalue weighted by atomic mass is 10.0. The molecular formula is C14H19BrN4. The van der Waals surface area contributed by atoms with E-state index >= 15 is 0 Å². The molecule has 0 aliphatic carbocycles. The standard InChI is InChI=1S/C14H19BrN4/c1-2-14(12-5-3-6-13(15)11-12)16-7-4-9-19-10-8-17-18-19/h3,5-6,8,10-11,14,16H,2,4,7,9H2,1H3. The van der Waals surface area contributed by atoms with E-state index in [1.54, 1.807) is 6.20 Å². The van der Waals surface area contributed by atoms with Gasteiger partial charge in [-0.2, -0.15) is 0 Å². The lowest BCUT2D eigenvalue weighted by molar-refractivity contribution is 0.475. The predicted molar refractivity (Wildman–Crippen MR) is 79.8 cm³/mol. The largest absolute Gasteiger partial charge is 0.310 e. The van der Waals surface area contributed by atoms with Gasteiger partial charge in [0, 0.05) is 23.3 Å². The number of benzene rings is 1. The smallest absolute Gasteiger partial charge is 0.0692 e. The predicted octanol–water partition coefficient (Wildman–Crippen LogP) is 3.17. The number of nitrogens with one attached hydrogen (secondary N) is 1. The highest BCUT2D eigenvalue weighted by Crippen LogP contribution is 2.20. The molecule has 1 N–H and O–H groups in total. The molecule has 0 spiro atoms. The van der Waals surface area contributed by atoms with Gasteiger partial charge in [0.25, 0.3) is 0 Å². The molecule has 0 aliphatic rings. The molecule has 2 rings (SSSR count). The van der Waals surface area contributed by atoms with Gasteiger partial charge in [0.2, 0.25) is 0 Å². The first-order valence-electron chi connectivity index (χ1n) is 6.62. The number of rotatable bonds is 7. The van der Waals surface area contributed by atoms with Crippen LogP contribution in [0.15, 0.2) is 41.1 Å². The van der Waals surface area contributed by atoms with Crippen LogP contribution in [-0.4, -0.2) is 21.5 Å². The number of hydrogen-bond acceptors (Lipinski definition) is 3. The van der Waals surface area contributed by atoms with Gasteiger partial charge in [0.05, 0.1) is 6.20 Å². The summed E-state index contributed by atoms with van der Waals surface area (Å²) in [4.78, 5) is 0. The molecule has 0 amide bonds. The fraction of sp³-hybridized carbons (Fsp3) is 0.429. The third kappa shape index (κ3) is 4.44. The molecule has 102 valence electrons. The molecule has 1 aromatic carbocycles. The van der Waals surface area contributed by atoms with Crippen molar-refractivity contribution in [3.05, 3.63) is 46.7 Å². The monoisotopic (exact) mass is 322 g/mol. The number of aryl methyl sites for hydroxylation is 1. The van der Waals surface area contributed by atoms with Crippen molar-refractivity contribution in [1.82, 2.24) is 20.3 Å². The first-order chi connectivity index (χ1) is 9.29. The molecule has 1 aromatic heterocycles. The Morgan fingerprint density at radius 1 is 1.42 bits per heavy atom. The van der Waals surface area contributed by atoms with Gasteiger partial charge >= 0.3 is 0 Å². The third-order valence-corrected chi connectivity index (χ3v) is 3.58. The zero-order valence-electron chi connectivity index (χ0n) is 11.1. The summed E-state index contributed by atoms with van der Waals surface area (Å²) in [6, 6.07) is 8.90. The van der Waals surface area contributed by atoms with Gasteiger partial charge in [-0.05, 0) is 37.1 Å². The van der Waals surface area contributed by atoms with Gasteiger partial charge < -0.3 is 5.32 Å². The normalized spacial score (nSPS) is 12.5. The summed E-state index contributed by atoms with van der Waals surface area (Å²) in [6.07, 6.45) is 5.74. The maximum atomic E-state index is 3.96. The highest BCUT2D eigenvalue weighted by atomic mass is 79.9. The van der Waals surface area contributed by atoms with Crippen LogP contribution in [0.2, 0.25) is 0 Å². The maximum Gasteiger partial charge on any atom is 0.0692 e. The topological polar surface area (TPSA) is 42.7 Å². The Bertz CT molecular complexity index is 484. The highest BCUT2D eigenvalue weighted by molar-refractivity contribution is 9.10. The number of hydrogen-bond donors (Lipinski definition) is 1. The van der Waals surface area contributed by atoms with Crippen molar-refractivity contribution in [2.75, 3.05) is 6.54 Å². The minimum absolute atomic E-state index is 0.410. The highest BCUT2D eigenvalue weighted by Gasteiger charge is 2.08. The third-order valence-electron chi connectivity index (χ3n) is 3.09. The van der Waals surface area contributed by atoms with Crippen LogP contribution in [0.4, 0.5) is 0 Å².